The van der Waals surface area contributed by atoms with Gasteiger partial charge in [0.05, 0.1) is 10.5 Å². The molecule has 0 bridgehead atoms. The number of thiocarbonyl (C=S) groups is 1. The molecule has 3 rings (SSSR count). The van der Waals surface area contributed by atoms with E-state index in [0.29, 0.717) is 32.9 Å². The molecule has 5 nitrogen and oxygen atoms in total. The van der Waals surface area contributed by atoms with E-state index in [1.54, 1.807) is 41.3 Å². The minimum atomic E-state index is -1.02. The van der Waals surface area contributed by atoms with Crippen LogP contribution in [0.1, 0.15) is 29.5 Å². The predicted octanol–water partition coefficient (Wildman–Crippen LogP) is 4.26. The Bertz CT molecular complexity index is 885. The SMILES string of the molecule is CCCN1C(=O)/C(=C\c2ccc(-c3ccccc3C(=O)O)o2)SC1=S. The van der Waals surface area contributed by atoms with Crippen molar-refractivity contribution in [3.05, 3.63) is 52.6 Å². The lowest BCUT2D eigenvalue weighted by Crippen LogP contribution is -2.28. The molecule has 1 N–H and O–H groups in total. The van der Waals surface area contributed by atoms with Crippen LogP contribution < -0.4 is 0 Å². The maximum Gasteiger partial charge on any atom is 0.336 e. The van der Waals surface area contributed by atoms with E-state index in [9.17, 15) is 14.7 Å². The van der Waals surface area contributed by atoms with E-state index >= 15 is 0 Å². The smallest absolute Gasteiger partial charge is 0.336 e. The van der Waals surface area contributed by atoms with Gasteiger partial charge in [-0.2, -0.15) is 0 Å². The number of aromatic carboxylic acids is 1. The lowest BCUT2D eigenvalue weighted by atomic mass is 10.1. The van der Waals surface area contributed by atoms with Crippen LogP contribution in [0.2, 0.25) is 0 Å². The van der Waals surface area contributed by atoms with Gasteiger partial charge in [0.2, 0.25) is 0 Å². The van der Waals surface area contributed by atoms with Gasteiger partial charge in [0.25, 0.3) is 5.91 Å². The van der Waals surface area contributed by atoms with Crippen molar-refractivity contribution in [1.29, 1.82) is 0 Å². The average molecular weight is 373 g/mol. The van der Waals surface area contributed by atoms with Crippen LogP contribution in [0.4, 0.5) is 0 Å². The number of thioether (sulfide) groups is 1. The van der Waals surface area contributed by atoms with E-state index in [4.69, 9.17) is 16.6 Å². The predicted molar refractivity (Wildman–Crippen MR) is 101 cm³/mol. The summed E-state index contributed by atoms with van der Waals surface area (Å²) in [5.74, 6) is -0.227. The number of carbonyl (C=O) groups is 2. The van der Waals surface area contributed by atoms with Gasteiger partial charge in [-0.15, -0.1) is 0 Å². The molecule has 1 amide bonds. The number of nitrogens with zero attached hydrogens (tertiary/aromatic N) is 1. The molecule has 25 heavy (non-hydrogen) atoms. The Balaban J connectivity index is 1.90. The Kier molecular flexibility index (Phi) is 5.06. The van der Waals surface area contributed by atoms with Crippen LogP contribution in [-0.4, -0.2) is 32.7 Å². The quantitative estimate of drug-likeness (QED) is 0.624. The zero-order valence-electron chi connectivity index (χ0n) is 13.4. The monoisotopic (exact) mass is 373 g/mol. The summed E-state index contributed by atoms with van der Waals surface area (Å²) in [7, 11) is 0. The van der Waals surface area contributed by atoms with E-state index < -0.39 is 5.97 Å². The standard InChI is InChI=1S/C18H15NO4S2/c1-2-9-19-16(20)15(25-18(19)24)10-11-7-8-14(23-11)12-5-3-4-6-13(12)17(21)22/h3-8,10H,2,9H2,1H3,(H,21,22)/b15-10+. The summed E-state index contributed by atoms with van der Waals surface area (Å²) < 4.78 is 6.28. The van der Waals surface area contributed by atoms with Crippen LogP contribution in [0.15, 0.2) is 45.7 Å². The van der Waals surface area contributed by atoms with Crippen molar-refractivity contribution in [2.45, 2.75) is 13.3 Å². The number of carboxylic acid groups (broad SMARTS) is 1. The van der Waals surface area contributed by atoms with Gasteiger partial charge in [0, 0.05) is 18.2 Å². The highest BCUT2D eigenvalue weighted by Gasteiger charge is 2.31. The molecule has 128 valence electrons. The van der Waals surface area contributed by atoms with Crippen LogP contribution >= 0.6 is 24.0 Å². The molecule has 2 heterocycles. The van der Waals surface area contributed by atoms with Crippen LogP contribution in [-0.2, 0) is 4.79 Å². The van der Waals surface area contributed by atoms with Crippen molar-refractivity contribution < 1.29 is 19.1 Å². The number of carboxylic acids is 1. The maximum absolute atomic E-state index is 12.4. The molecular weight excluding hydrogens is 358 g/mol. The van der Waals surface area contributed by atoms with Crippen LogP contribution in [0, 0.1) is 0 Å². The molecule has 0 unspecified atom stereocenters. The minimum absolute atomic E-state index is 0.124. The van der Waals surface area contributed by atoms with Gasteiger partial charge >= 0.3 is 5.97 Å². The fourth-order valence-corrected chi connectivity index (χ4v) is 3.79. The van der Waals surface area contributed by atoms with Gasteiger partial charge < -0.3 is 9.52 Å². The van der Waals surface area contributed by atoms with E-state index in [0.717, 1.165) is 6.42 Å². The second-order valence-corrected chi connectivity index (χ2v) is 7.06. The summed E-state index contributed by atoms with van der Waals surface area (Å²) in [6, 6.07) is 10.0. The number of amides is 1. The van der Waals surface area contributed by atoms with E-state index in [-0.39, 0.29) is 11.5 Å². The molecule has 1 fully saturated rings. The van der Waals surface area contributed by atoms with Gasteiger partial charge in [-0.3, -0.25) is 9.69 Å². The van der Waals surface area contributed by atoms with Crippen LogP contribution in [0.5, 0.6) is 0 Å². The third-order valence-electron chi connectivity index (χ3n) is 3.64. The van der Waals surface area contributed by atoms with Gasteiger partial charge in [-0.25, -0.2) is 4.79 Å². The normalized spacial score (nSPS) is 16.0. The Morgan fingerprint density at radius 1 is 1.32 bits per heavy atom. The van der Waals surface area contributed by atoms with E-state index in [1.807, 2.05) is 6.92 Å². The molecule has 0 atom stereocenters. The first kappa shape index (κ1) is 17.4. The molecule has 0 saturated carbocycles. The fraction of sp³-hybridized carbons (Fsp3) is 0.167. The van der Waals surface area contributed by atoms with Gasteiger partial charge in [-0.1, -0.05) is 49.1 Å². The third kappa shape index (κ3) is 3.52. The largest absolute Gasteiger partial charge is 0.478 e. The molecule has 1 saturated heterocycles. The Hall–Kier alpha value is -2.38. The second-order valence-electron chi connectivity index (χ2n) is 5.39. The van der Waals surface area contributed by atoms with Crippen molar-refractivity contribution in [1.82, 2.24) is 4.90 Å². The Morgan fingerprint density at radius 2 is 2.08 bits per heavy atom. The molecule has 7 heteroatoms. The zero-order chi connectivity index (χ0) is 18.0. The first-order chi connectivity index (χ1) is 12.0. The molecule has 2 aromatic rings. The highest BCUT2D eigenvalue weighted by molar-refractivity contribution is 8.26. The number of hydrogen-bond acceptors (Lipinski definition) is 5. The molecular formula is C18H15NO4S2. The summed E-state index contributed by atoms with van der Waals surface area (Å²) >= 11 is 6.48. The van der Waals surface area contributed by atoms with Crippen LogP contribution in [0.3, 0.4) is 0 Å². The lowest BCUT2D eigenvalue weighted by molar-refractivity contribution is -0.122. The number of hydrogen-bond donors (Lipinski definition) is 1. The van der Waals surface area contributed by atoms with Crippen molar-refractivity contribution in [3.63, 3.8) is 0 Å². The zero-order valence-corrected chi connectivity index (χ0v) is 15.0. The van der Waals surface area contributed by atoms with Crippen molar-refractivity contribution in [2.75, 3.05) is 6.54 Å². The number of benzene rings is 1. The van der Waals surface area contributed by atoms with E-state index in [1.165, 1.54) is 17.8 Å². The molecule has 0 spiro atoms. The van der Waals surface area contributed by atoms with Crippen LogP contribution in [0.25, 0.3) is 17.4 Å². The highest BCUT2D eigenvalue weighted by Crippen LogP contribution is 2.34. The van der Waals surface area contributed by atoms with Crippen molar-refractivity contribution in [3.8, 4) is 11.3 Å². The third-order valence-corrected chi connectivity index (χ3v) is 5.02. The Morgan fingerprint density at radius 3 is 2.80 bits per heavy atom. The summed E-state index contributed by atoms with van der Waals surface area (Å²) in [5, 5.41) is 9.29. The molecule has 1 aliphatic rings. The lowest BCUT2D eigenvalue weighted by Gasteiger charge is -2.11. The molecule has 1 aliphatic heterocycles. The minimum Gasteiger partial charge on any atom is -0.478 e. The number of carbonyl (C=O) groups excluding carboxylic acids is 1. The summed E-state index contributed by atoms with van der Waals surface area (Å²) in [6.07, 6.45) is 2.47. The molecule has 0 radical (unpaired) electrons. The fourth-order valence-electron chi connectivity index (χ4n) is 2.51. The Labute approximate surface area is 154 Å². The second kappa shape index (κ2) is 7.25. The first-order valence-corrected chi connectivity index (χ1v) is 8.91. The van der Waals surface area contributed by atoms with Gasteiger partial charge in [-0.05, 0) is 24.6 Å². The van der Waals surface area contributed by atoms with E-state index in [2.05, 4.69) is 0 Å². The topological polar surface area (TPSA) is 70.8 Å². The average Bonchev–Trinajstić information content (AvgIpc) is 3.16. The molecule has 1 aromatic carbocycles. The van der Waals surface area contributed by atoms with Crippen molar-refractivity contribution >= 4 is 46.3 Å². The van der Waals surface area contributed by atoms with Gasteiger partial charge in [0.1, 0.15) is 15.8 Å². The number of rotatable bonds is 5. The summed E-state index contributed by atoms with van der Waals surface area (Å²) in [4.78, 5) is 25.8. The van der Waals surface area contributed by atoms with Crippen molar-refractivity contribution in [2.24, 2.45) is 0 Å². The molecule has 1 aromatic heterocycles. The molecule has 0 aliphatic carbocycles. The number of furan rings is 1. The maximum atomic E-state index is 12.4. The first-order valence-electron chi connectivity index (χ1n) is 7.69. The summed E-state index contributed by atoms with van der Waals surface area (Å²) in [5.41, 5.74) is 0.658. The summed E-state index contributed by atoms with van der Waals surface area (Å²) in [6.45, 7) is 2.58. The highest BCUT2D eigenvalue weighted by atomic mass is 32.2. The van der Waals surface area contributed by atoms with Gasteiger partial charge in [0.15, 0.2) is 0 Å².